The zero-order valence-corrected chi connectivity index (χ0v) is 9.25. The summed E-state index contributed by atoms with van der Waals surface area (Å²) in [6.45, 7) is 0. The number of halogens is 3. The van der Waals surface area contributed by atoms with Crippen molar-refractivity contribution in [1.29, 1.82) is 0 Å². The van der Waals surface area contributed by atoms with Gasteiger partial charge in [0.2, 0.25) is 0 Å². The molecular weight excluding hydrogens is 282 g/mol. The average molecular weight is 285 g/mol. The topological polar surface area (TPSA) is 38.9 Å². The minimum atomic E-state index is -0.908. The van der Waals surface area contributed by atoms with Gasteiger partial charge < -0.3 is 4.52 Å². The van der Waals surface area contributed by atoms with Crippen LogP contribution in [0.5, 0.6) is 0 Å². The first-order valence-corrected chi connectivity index (χ1v) is 5.16. The lowest BCUT2D eigenvalue weighted by Gasteiger charge is -2.02. The molecule has 6 heteroatoms. The number of nitrogens with zero attached hydrogens (tertiary/aromatic N) is 2. The van der Waals surface area contributed by atoms with Crippen LogP contribution in [0.25, 0.3) is 21.9 Å². The molecular formula is C10H3BrF2N2O. The van der Waals surface area contributed by atoms with E-state index in [2.05, 4.69) is 26.3 Å². The van der Waals surface area contributed by atoms with Crippen LogP contribution in [0.3, 0.4) is 0 Å². The Hall–Kier alpha value is -1.56. The highest BCUT2D eigenvalue weighted by Crippen LogP contribution is 2.33. The molecule has 0 bridgehead atoms. The van der Waals surface area contributed by atoms with Crippen molar-refractivity contribution in [3.63, 3.8) is 0 Å². The van der Waals surface area contributed by atoms with Gasteiger partial charge in [0.15, 0.2) is 17.2 Å². The highest BCUT2D eigenvalue weighted by atomic mass is 79.9. The molecule has 0 aliphatic heterocycles. The van der Waals surface area contributed by atoms with Gasteiger partial charge in [-0.2, -0.15) is 0 Å². The first-order valence-electron chi connectivity index (χ1n) is 4.37. The monoisotopic (exact) mass is 284 g/mol. The molecule has 0 N–H and O–H groups in total. The highest BCUT2D eigenvalue weighted by Gasteiger charge is 2.15. The molecule has 0 saturated carbocycles. The van der Waals surface area contributed by atoms with E-state index in [1.165, 1.54) is 12.1 Å². The lowest BCUT2D eigenvalue weighted by atomic mass is 10.1. The molecule has 3 nitrogen and oxygen atoms in total. The quantitative estimate of drug-likeness (QED) is 0.635. The van der Waals surface area contributed by atoms with E-state index in [0.717, 1.165) is 6.07 Å². The van der Waals surface area contributed by atoms with Gasteiger partial charge in [0.05, 0.1) is 0 Å². The molecule has 0 atom stereocenters. The predicted molar refractivity (Wildman–Crippen MR) is 56.9 cm³/mol. The summed E-state index contributed by atoms with van der Waals surface area (Å²) in [7, 11) is 0. The van der Waals surface area contributed by atoms with Crippen LogP contribution in [0.2, 0.25) is 0 Å². The Labute approximate surface area is 96.1 Å². The van der Waals surface area contributed by atoms with Crippen LogP contribution in [-0.2, 0) is 0 Å². The lowest BCUT2D eigenvalue weighted by Crippen LogP contribution is -1.88. The van der Waals surface area contributed by atoms with Gasteiger partial charge in [-0.15, -0.1) is 5.10 Å². The fourth-order valence-electron chi connectivity index (χ4n) is 1.65. The fraction of sp³-hybridized carbons (Fsp3) is 0. The van der Waals surface area contributed by atoms with Crippen LogP contribution in [0.15, 0.2) is 27.2 Å². The standard InChI is InChI=1S/C10H3BrF2N2O/c11-5-3-7-10(14-15-16-7)4-1-2-6(12)9(13)8(4)5/h1-3H. The summed E-state index contributed by atoms with van der Waals surface area (Å²) in [5.41, 5.74) is 0.836. The summed E-state index contributed by atoms with van der Waals surface area (Å²) < 4.78 is 32.0. The summed E-state index contributed by atoms with van der Waals surface area (Å²) in [5.74, 6) is -1.81. The van der Waals surface area contributed by atoms with E-state index in [1.807, 2.05) is 0 Å². The van der Waals surface area contributed by atoms with Gasteiger partial charge in [0.25, 0.3) is 0 Å². The molecule has 0 unspecified atom stereocenters. The van der Waals surface area contributed by atoms with Crippen LogP contribution in [0, 0.1) is 11.6 Å². The van der Waals surface area contributed by atoms with Crippen LogP contribution in [-0.4, -0.2) is 10.4 Å². The Balaban J connectivity index is 2.65. The molecule has 0 radical (unpaired) electrons. The average Bonchev–Trinajstić information content (AvgIpc) is 2.70. The van der Waals surface area contributed by atoms with Crippen molar-refractivity contribution in [2.24, 2.45) is 0 Å². The second-order valence-corrected chi connectivity index (χ2v) is 4.12. The van der Waals surface area contributed by atoms with Crippen molar-refractivity contribution < 1.29 is 13.3 Å². The molecule has 3 aromatic rings. The van der Waals surface area contributed by atoms with E-state index in [4.69, 9.17) is 4.52 Å². The Morgan fingerprint density at radius 1 is 1.25 bits per heavy atom. The van der Waals surface area contributed by atoms with Gasteiger partial charge in [-0.25, -0.2) is 8.78 Å². The number of benzene rings is 2. The van der Waals surface area contributed by atoms with E-state index >= 15 is 0 Å². The van der Waals surface area contributed by atoms with Gasteiger partial charge in [0, 0.05) is 26.6 Å². The maximum atomic E-state index is 13.6. The summed E-state index contributed by atoms with van der Waals surface area (Å²) >= 11 is 3.17. The zero-order valence-electron chi connectivity index (χ0n) is 7.67. The zero-order chi connectivity index (χ0) is 11.3. The molecule has 0 aliphatic carbocycles. The Morgan fingerprint density at radius 2 is 2.06 bits per heavy atom. The number of hydrogen-bond acceptors (Lipinski definition) is 3. The number of aromatic nitrogens is 2. The van der Waals surface area contributed by atoms with Crippen molar-refractivity contribution in [3.8, 4) is 0 Å². The third kappa shape index (κ3) is 1.16. The maximum Gasteiger partial charge on any atom is 0.189 e. The Kier molecular flexibility index (Phi) is 1.94. The molecule has 0 saturated heterocycles. The van der Waals surface area contributed by atoms with E-state index in [9.17, 15) is 8.78 Å². The maximum absolute atomic E-state index is 13.6. The molecule has 0 fully saturated rings. The van der Waals surface area contributed by atoms with Crippen molar-refractivity contribution >= 4 is 37.8 Å². The highest BCUT2D eigenvalue weighted by molar-refractivity contribution is 9.10. The van der Waals surface area contributed by atoms with Crippen molar-refractivity contribution in [3.05, 3.63) is 34.3 Å². The smallest absolute Gasteiger partial charge is 0.189 e. The van der Waals surface area contributed by atoms with Gasteiger partial charge in [0.1, 0.15) is 5.52 Å². The predicted octanol–water partition coefficient (Wildman–Crippen LogP) is 3.42. The molecule has 80 valence electrons. The van der Waals surface area contributed by atoms with Gasteiger partial charge in [-0.05, 0) is 28.1 Å². The van der Waals surface area contributed by atoms with Crippen LogP contribution in [0.1, 0.15) is 0 Å². The SMILES string of the molecule is Fc1ccc2c(c(Br)cc3onnc32)c1F. The number of hydrogen-bond donors (Lipinski definition) is 0. The van der Waals surface area contributed by atoms with Crippen molar-refractivity contribution in [2.75, 3.05) is 0 Å². The van der Waals surface area contributed by atoms with E-state index in [0.29, 0.717) is 21.0 Å². The summed E-state index contributed by atoms with van der Waals surface area (Å²) in [6, 6.07) is 4.02. The molecule has 2 aromatic carbocycles. The minimum Gasteiger partial charge on any atom is -0.337 e. The fourth-order valence-corrected chi connectivity index (χ4v) is 2.24. The molecule has 0 aliphatic rings. The van der Waals surface area contributed by atoms with Crippen LogP contribution >= 0.6 is 15.9 Å². The molecule has 3 rings (SSSR count). The van der Waals surface area contributed by atoms with Crippen LogP contribution < -0.4 is 0 Å². The summed E-state index contributed by atoms with van der Waals surface area (Å²) in [6.07, 6.45) is 0. The molecule has 1 aromatic heterocycles. The Morgan fingerprint density at radius 3 is 2.88 bits per heavy atom. The second kappa shape index (κ2) is 3.21. The van der Waals surface area contributed by atoms with E-state index in [-0.39, 0.29) is 5.39 Å². The van der Waals surface area contributed by atoms with Gasteiger partial charge in [-0.1, -0.05) is 0 Å². The first kappa shape index (κ1) is 9.65. The molecule has 1 heterocycles. The summed E-state index contributed by atoms with van der Waals surface area (Å²) in [4.78, 5) is 0. The third-order valence-corrected chi connectivity index (χ3v) is 2.99. The Bertz CT molecular complexity index is 711. The lowest BCUT2D eigenvalue weighted by molar-refractivity contribution is 0.424. The first-order chi connectivity index (χ1) is 7.68. The largest absolute Gasteiger partial charge is 0.337 e. The minimum absolute atomic E-state index is 0.142. The molecule has 0 spiro atoms. The molecule has 0 amide bonds. The second-order valence-electron chi connectivity index (χ2n) is 3.26. The van der Waals surface area contributed by atoms with Crippen LogP contribution in [0.4, 0.5) is 8.78 Å². The van der Waals surface area contributed by atoms with Gasteiger partial charge in [-0.3, -0.25) is 0 Å². The van der Waals surface area contributed by atoms with E-state index < -0.39 is 11.6 Å². The number of rotatable bonds is 0. The normalized spacial score (nSPS) is 11.4. The summed E-state index contributed by atoms with van der Waals surface area (Å²) in [5, 5.41) is 7.72. The van der Waals surface area contributed by atoms with E-state index in [1.54, 1.807) is 0 Å². The van der Waals surface area contributed by atoms with Gasteiger partial charge >= 0.3 is 0 Å². The number of fused-ring (bicyclic) bond motifs is 3. The van der Waals surface area contributed by atoms with Crippen molar-refractivity contribution in [1.82, 2.24) is 10.4 Å². The van der Waals surface area contributed by atoms with Crippen molar-refractivity contribution in [2.45, 2.75) is 0 Å². The third-order valence-electron chi connectivity index (χ3n) is 2.36. The molecule has 16 heavy (non-hydrogen) atoms.